The number of hydrogen-bond acceptors (Lipinski definition) is 2. The van der Waals surface area contributed by atoms with Crippen LogP contribution in [0.3, 0.4) is 0 Å². The van der Waals surface area contributed by atoms with E-state index in [0.717, 1.165) is 0 Å². The van der Waals surface area contributed by atoms with E-state index in [2.05, 4.69) is 0 Å². The predicted molar refractivity (Wildman–Crippen MR) is 54.6 cm³/mol. The van der Waals surface area contributed by atoms with Gasteiger partial charge in [0.25, 0.3) is 0 Å². The van der Waals surface area contributed by atoms with Crippen LogP contribution in [0.25, 0.3) is 0 Å². The van der Waals surface area contributed by atoms with E-state index in [0.29, 0.717) is 5.56 Å². The van der Waals surface area contributed by atoms with Gasteiger partial charge in [-0.05, 0) is 18.9 Å². The summed E-state index contributed by atoms with van der Waals surface area (Å²) in [6.07, 6.45) is -0.0154. The summed E-state index contributed by atoms with van der Waals surface area (Å²) in [4.78, 5) is 21.8. The third-order valence-electron chi connectivity index (χ3n) is 2.34. The standard InChI is InChI=1S/C11H12O4.K.H/c1-11(9(12)13,10(14)15)7-8-5-3-2-4-6-8;;/h2-6H,7H2,1H3,(H,12,13)(H,14,15);;/q;+1;-1. The van der Waals surface area contributed by atoms with Crippen molar-refractivity contribution in [3.8, 4) is 0 Å². The third-order valence-corrected chi connectivity index (χ3v) is 2.34. The predicted octanol–water partition coefficient (Wildman–Crippen LogP) is -1.48. The van der Waals surface area contributed by atoms with Gasteiger partial charge in [0.05, 0.1) is 0 Å². The zero-order valence-electron chi connectivity index (χ0n) is 10.3. The molecule has 0 saturated carbocycles. The van der Waals surface area contributed by atoms with Crippen molar-refractivity contribution in [2.75, 3.05) is 0 Å². The molecule has 1 aromatic carbocycles. The second-order valence-electron chi connectivity index (χ2n) is 3.60. The van der Waals surface area contributed by atoms with Crippen molar-refractivity contribution >= 4 is 11.9 Å². The summed E-state index contributed by atoms with van der Waals surface area (Å²) >= 11 is 0. The van der Waals surface area contributed by atoms with E-state index in [-0.39, 0.29) is 59.2 Å². The molecule has 0 aliphatic rings. The fourth-order valence-corrected chi connectivity index (χ4v) is 1.25. The summed E-state index contributed by atoms with van der Waals surface area (Å²) in [5.41, 5.74) is -1.06. The van der Waals surface area contributed by atoms with Crippen molar-refractivity contribution in [2.24, 2.45) is 5.41 Å². The summed E-state index contributed by atoms with van der Waals surface area (Å²) in [5.74, 6) is -2.64. The first kappa shape index (κ1) is 15.8. The Morgan fingerprint density at radius 2 is 1.62 bits per heavy atom. The van der Waals surface area contributed by atoms with Crippen molar-refractivity contribution in [1.29, 1.82) is 0 Å². The topological polar surface area (TPSA) is 74.6 Å². The molecular weight excluding hydrogens is 235 g/mol. The molecule has 0 atom stereocenters. The molecule has 0 radical (unpaired) electrons. The van der Waals surface area contributed by atoms with E-state index in [1.807, 2.05) is 0 Å². The Bertz CT molecular complexity index is 366. The largest absolute Gasteiger partial charge is 1.00 e. The van der Waals surface area contributed by atoms with Gasteiger partial charge in [-0.25, -0.2) is 0 Å². The molecule has 2 N–H and O–H groups in total. The Labute approximate surface area is 138 Å². The average Bonchev–Trinajstić information content (AvgIpc) is 2.18. The van der Waals surface area contributed by atoms with Crippen molar-refractivity contribution < 1.29 is 72.6 Å². The zero-order chi connectivity index (χ0) is 11.5. The van der Waals surface area contributed by atoms with Crippen molar-refractivity contribution in [3.05, 3.63) is 35.9 Å². The van der Waals surface area contributed by atoms with Crippen molar-refractivity contribution in [1.82, 2.24) is 0 Å². The number of carboxylic acids is 2. The van der Waals surface area contributed by atoms with Gasteiger partial charge >= 0.3 is 63.3 Å². The minimum atomic E-state index is -1.76. The summed E-state index contributed by atoms with van der Waals surface area (Å²) in [7, 11) is 0. The fraction of sp³-hybridized carbons (Fsp3) is 0.273. The van der Waals surface area contributed by atoms with Gasteiger partial charge in [-0.2, -0.15) is 0 Å². The molecule has 0 amide bonds. The Balaban J connectivity index is 0. The minimum Gasteiger partial charge on any atom is -1.00 e. The Morgan fingerprint density at radius 3 is 2.00 bits per heavy atom. The summed E-state index contributed by atoms with van der Waals surface area (Å²) in [6, 6.07) is 8.72. The van der Waals surface area contributed by atoms with Crippen LogP contribution in [0.1, 0.15) is 13.9 Å². The zero-order valence-corrected chi connectivity index (χ0v) is 12.4. The van der Waals surface area contributed by atoms with Crippen LogP contribution in [0.5, 0.6) is 0 Å². The fourth-order valence-electron chi connectivity index (χ4n) is 1.25. The molecule has 82 valence electrons. The molecule has 0 aromatic heterocycles. The van der Waals surface area contributed by atoms with Crippen LogP contribution < -0.4 is 51.4 Å². The quantitative estimate of drug-likeness (QED) is 0.503. The Kier molecular flexibility index (Phi) is 6.43. The molecule has 0 saturated heterocycles. The van der Waals surface area contributed by atoms with Crippen LogP contribution in [-0.2, 0) is 16.0 Å². The number of rotatable bonds is 4. The molecule has 0 spiro atoms. The van der Waals surface area contributed by atoms with Crippen LogP contribution in [-0.4, -0.2) is 22.2 Å². The molecule has 1 rings (SSSR count). The van der Waals surface area contributed by atoms with Crippen LogP contribution in [0.4, 0.5) is 0 Å². The van der Waals surface area contributed by atoms with Crippen molar-refractivity contribution in [2.45, 2.75) is 13.3 Å². The maximum absolute atomic E-state index is 10.9. The molecule has 4 nitrogen and oxygen atoms in total. The summed E-state index contributed by atoms with van der Waals surface area (Å²) in [5, 5.41) is 17.8. The first-order valence-corrected chi connectivity index (χ1v) is 4.47. The van der Waals surface area contributed by atoms with Gasteiger partial charge in [-0.15, -0.1) is 0 Å². The number of carboxylic acid groups (broad SMARTS) is 2. The summed E-state index contributed by atoms with van der Waals surface area (Å²) in [6.45, 7) is 1.21. The van der Waals surface area contributed by atoms with Gasteiger partial charge in [0.15, 0.2) is 5.41 Å². The van der Waals surface area contributed by atoms with Crippen molar-refractivity contribution in [3.63, 3.8) is 0 Å². The maximum atomic E-state index is 10.9. The molecular formula is C11H13KO4. The van der Waals surface area contributed by atoms with Gasteiger partial charge in [-0.3, -0.25) is 9.59 Å². The van der Waals surface area contributed by atoms with E-state index < -0.39 is 17.4 Å². The minimum absolute atomic E-state index is 0. The smallest absolute Gasteiger partial charge is 1.00 e. The average molecular weight is 248 g/mol. The van der Waals surface area contributed by atoms with E-state index in [1.54, 1.807) is 30.3 Å². The molecule has 1 aromatic rings. The monoisotopic (exact) mass is 248 g/mol. The number of hydrogen-bond donors (Lipinski definition) is 2. The van der Waals surface area contributed by atoms with Gasteiger partial charge in [0.1, 0.15) is 0 Å². The van der Waals surface area contributed by atoms with Crippen LogP contribution in [0, 0.1) is 5.41 Å². The molecule has 0 unspecified atom stereocenters. The number of benzene rings is 1. The van der Waals surface area contributed by atoms with Crippen LogP contribution in [0.15, 0.2) is 30.3 Å². The second kappa shape index (κ2) is 6.51. The van der Waals surface area contributed by atoms with Crippen LogP contribution >= 0.6 is 0 Å². The Morgan fingerprint density at radius 1 is 1.19 bits per heavy atom. The number of carbonyl (C=O) groups is 2. The molecule has 0 aliphatic heterocycles. The SMILES string of the molecule is CC(Cc1ccccc1)(C(=O)O)C(=O)O.[H-].[K+]. The van der Waals surface area contributed by atoms with Gasteiger partial charge in [-0.1, -0.05) is 30.3 Å². The number of aliphatic carboxylic acids is 2. The first-order chi connectivity index (χ1) is 6.97. The molecule has 5 heteroatoms. The van der Waals surface area contributed by atoms with Gasteiger partial charge in [0.2, 0.25) is 0 Å². The second-order valence-corrected chi connectivity index (χ2v) is 3.60. The van der Waals surface area contributed by atoms with Gasteiger partial charge < -0.3 is 11.6 Å². The molecule has 0 bridgehead atoms. The first-order valence-electron chi connectivity index (χ1n) is 4.47. The molecule has 0 heterocycles. The Hall–Kier alpha value is -0.204. The van der Waals surface area contributed by atoms with E-state index >= 15 is 0 Å². The summed E-state index contributed by atoms with van der Waals surface area (Å²) < 4.78 is 0. The normalized spacial score (nSPS) is 10.3. The third kappa shape index (κ3) is 3.67. The molecule has 0 aliphatic carbocycles. The van der Waals surface area contributed by atoms with Crippen LogP contribution in [0.2, 0.25) is 0 Å². The van der Waals surface area contributed by atoms with E-state index in [9.17, 15) is 9.59 Å². The van der Waals surface area contributed by atoms with Gasteiger partial charge in [0, 0.05) is 0 Å². The molecule has 16 heavy (non-hydrogen) atoms. The molecule has 0 fully saturated rings. The van der Waals surface area contributed by atoms with E-state index in [1.165, 1.54) is 6.92 Å². The maximum Gasteiger partial charge on any atom is 1.00 e. The van der Waals surface area contributed by atoms with E-state index in [4.69, 9.17) is 10.2 Å².